The number of nitrogens with one attached hydrogen (secondary N) is 1. The van der Waals surface area contributed by atoms with Crippen LogP contribution in [0.15, 0.2) is 146 Å². The Labute approximate surface area is 263 Å². The highest BCUT2D eigenvalue weighted by atomic mass is 16.3. The topological polar surface area (TPSA) is 79.6 Å². The van der Waals surface area contributed by atoms with Crippen molar-refractivity contribution >= 4 is 10.8 Å². The van der Waals surface area contributed by atoms with Gasteiger partial charge in [-0.25, -0.2) is 4.98 Å². The molecule has 0 aliphatic carbocycles. The molecule has 45 heavy (non-hydrogen) atoms. The van der Waals surface area contributed by atoms with Crippen molar-refractivity contribution in [3.05, 3.63) is 174 Å². The largest absolute Gasteiger partial charge is 0.379 e. The third-order valence-electron chi connectivity index (χ3n) is 8.70. The summed E-state index contributed by atoms with van der Waals surface area (Å²) in [7, 11) is 0. The fourth-order valence-corrected chi connectivity index (χ4v) is 6.67. The van der Waals surface area contributed by atoms with Crippen LogP contribution in [-0.2, 0) is 11.1 Å². The molecule has 7 rings (SSSR count). The van der Waals surface area contributed by atoms with E-state index in [2.05, 4.69) is 131 Å². The Morgan fingerprint density at radius 3 is 1.84 bits per heavy atom. The highest BCUT2D eigenvalue weighted by molar-refractivity contribution is 5.87. The van der Waals surface area contributed by atoms with Gasteiger partial charge in [-0.15, -0.1) is 0 Å². The Bertz CT molecular complexity index is 1920. The second kappa shape index (κ2) is 11.6. The van der Waals surface area contributed by atoms with E-state index in [0.29, 0.717) is 12.1 Å². The van der Waals surface area contributed by atoms with E-state index < -0.39 is 11.1 Å². The number of aliphatic hydroxyl groups is 1. The second-order valence-electron chi connectivity index (χ2n) is 12.1. The molecule has 6 heteroatoms. The molecule has 0 saturated carbocycles. The van der Waals surface area contributed by atoms with Crippen LogP contribution >= 0.6 is 0 Å². The lowest BCUT2D eigenvalue weighted by Gasteiger charge is -2.37. The summed E-state index contributed by atoms with van der Waals surface area (Å²) < 4.78 is 2.17. The van der Waals surface area contributed by atoms with Crippen LogP contribution in [0.25, 0.3) is 22.0 Å². The lowest BCUT2D eigenvalue weighted by atomic mass is 9.76. The van der Waals surface area contributed by atoms with E-state index >= 15 is 0 Å². The molecular weight excluding hydrogens is 554 g/mol. The lowest BCUT2D eigenvalue weighted by Crippen LogP contribution is -2.37. The van der Waals surface area contributed by atoms with Crippen LogP contribution in [0.5, 0.6) is 0 Å². The molecule has 0 saturated heterocycles. The zero-order valence-corrected chi connectivity index (χ0v) is 25.4. The smallest absolute Gasteiger partial charge is 0.133 e. The minimum atomic E-state index is -1.31. The number of benzene rings is 5. The first-order valence-corrected chi connectivity index (χ1v) is 15.3. The first-order valence-electron chi connectivity index (χ1n) is 15.3. The van der Waals surface area contributed by atoms with Crippen LogP contribution in [0.2, 0.25) is 0 Å². The van der Waals surface area contributed by atoms with Gasteiger partial charge in [-0.3, -0.25) is 0 Å². The Morgan fingerprint density at radius 2 is 1.29 bits per heavy atom. The molecule has 6 nitrogen and oxygen atoms in total. The molecular formula is C39H35N5O. The Balaban J connectivity index is 1.40. The van der Waals surface area contributed by atoms with Crippen molar-refractivity contribution in [3.8, 4) is 11.3 Å². The molecule has 2 heterocycles. The standard InChI is InChI=1S/C39H35N5O/c1-28(2)24-38(45,35-21-20-29-22-31(19-18-30(29)23-35)36-25-41-43-42-36)37-26-44(27-40-37)39(32-12-6-3-7-13-32,33-14-8-4-9-15-33)34-16-10-5-11-17-34/h3-23,25-28,45H,24H2,1-2H3,(H,41,42,43). The Morgan fingerprint density at radius 1 is 0.711 bits per heavy atom. The van der Waals surface area contributed by atoms with Crippen molar-refractivity contribution in [2.75, 3.05) is 0 Å². The van der Waals surface area contributed by atoms with Gasteiger partial charge < -0.3 is 9.67 Å². The third kappa shape index (κ3) is 5.03. The van der Waals surface area contributed by atoms with E-state index in [0.717, 1.165) is 44.3 Å². The summed E-state index contributed by atoms with van der Waals surface area (Å²) in [5.74, 6) is 0.215. The van der Waals surface area contributed by atoms with Gasteiger partial charge in [0.1, 0.15) is 16.8 Å². The minimum absolute atomic E-state index is 0.215. The lowest BCUT2D eigenvalue weighted by molar-refractivity contribution is 0.0535. The highest BCUT2D eigenvalue weighted by Gasteiger charge is 2.41. The van der Waals surface area contributed by atoms with E-state index in [1.807, 2.05) is 42.9 Å². The Kier molecular flexibility index (Phi) is 7.35. The van der Waals surface area contributed by atoms with Crippen LogP contribution in [0.4, 0.5) is 0 Å². The molecule has 1 atom stereocenters. The number of imidazole rings is 1. The summed E-state index contributed by atoms with van der Waals surface area (Å²) in [6.07, 6.45) is 6.14. The molecule has 2 aromatic heterocycles. The number of H-pyrrole nitrogens is 1. The van der Waals surface area contributed by atoms with Crippen molar-refractivity contribution in [1.29, 1.82) is 0 Å². The molecule has 0 aliphatic heterocycles. The van der Waals surface area contributed by atoms with E-state index in [4.69, 9.17) is 4.98 Å². The van der Waals surface area contributed by atoms with Gasteiger partial charge in [0.2, 0.25) is 0 Å². The quantitative estimate of drug-likeness (QED) is 0.168. The van der Waals surface area contributed by atoms with E-state index in [-0.39, 0.29) is 5.92 Å². The average Bonchev–Trinajstić information content (AvgIpc) is 3.80. The monoisotopic (exact) mass is 589 g/mol. The van der Waals surface area contributed by atoms with Gasteiger partial charge in [-0.2, -0.15) is 15.4 Å². The first kappa shape index (κ1) is 28.4. The maximum absolute atomic E-state index is 12.7. The fraction of sp³-hybridized carbons (Fsp3) is 0.154. The molecule has 0 fully saturated rings. The number of hydrogen-bond acceptors (Lipinski definition) is 4. The summed E-state index contributed by atoms with van der Waals surface area (Å²) in [6.45, 7) is 4.27. The van der Waals surface area contributed by atoms with Crippen LogP contribution in [0, 0.1) is 5.92 Å². The normalized spacial score (nSPS) is 13.2. The predicted octanol–water partition coefficient (Wildman–Crippen LogP) is 7.94. The number of fused-ring (bicyclic) bond motifs is 1. The molecule has 5 aromatic carbocycles. The van der Waals surface area contributed by atoms with E-state index in [1.54, 1.807) is 6.20 Å². The molecule has 1 unspecified atom stereocenters. The van der Waals surface area contributed by atoms with Crippen molar-refractivity contribution < 1.29 is 5.11 Å². The van der Waals surface area contributed by atoms with Gasteiger partial charge in [0.05, 0.1) is 18.2 Å². The average molecular weight is 590 g/mol. The van der Waals surface area contributed by atoms with Crippen molar-refractivity contribution in [2.24, 2.45) is 5.92 Å². The summed E-state index contributed by atoms with van der Waals surface area (Å²) in [6, 6.07) is 43.9. The number of aromatic nitrogens is 5. The number of rotatable bonds is 9. The van der Waals surface area contributed by atoms with Crippen LogP contribution < -0.4 is 0 Å². The fourth-order valence-electron chi connectivity index (χ4n) is 6.67. The van der Waals surface area contributed by atoms with E-state index in [9.17, 15) is 5.11 Å². The van der Waals surface area contributed by atoms with Crippen LogP contribution in [0.1, 0.15) is 48.2 Å². The highest BCUT2D eigenvalue weighted by Crippen LogP contribution is 2.43. The number of hydrogen-bond donors (Lipinski definition) is 2. The van der Waals surface area contributed by atoms with Gasteiger partial charge in [0, 0.05) is 11.8 Å². The summed E-state index contributed by atoms with van der Waals surface area (Å²) in [4.78, 5) is 4.98. The van der Waals surface area contributed by atoms with Gasteiger partial charge >= 0.3 is 0 Å². The zero-order valence-electron chi connectivity index (χ0n) is 25.4. The maximum atomic E-state index is 12.7. The zero-order chi connectivity index (χ0) is 30.9. The van der Waals surface area contributed by atoms with Crippen LogP contribution in [0.3, 0.4) is 0 Å². The maximum Gasteiger partial charge on any atom is 0.133 e. The summed E-state index contributed by atoms with van der Waals surface area (Å²) in [5, 5.41) is 25.6. The molecule has 2 N–H and O–H groups in total. The Hall–Kier alpha value is -5.33. The SMILES string of the molecule is CC(C)CC(O)(c1ccc2cc(-c3cn[nH]n3)ccc2c1)c1cn(C(c2ccccc2)(c2ccccc2)c2ccccc2)cn1. The predicted molar refractivity (Wildman–Crippen MR) is 179 cm³/mol. The van der Waals surface area contributed by atoms with Gasteiger partial charge in [0.15, 0.2) is 0 Å². The minimum Gasteiger partial charge on any atom is -0.379 e. The van der Waals surface area contributed by atoms with Crippen LogP contribution in [-0.4, -0.2) is 30.1 Å². The van der Waals surface area contributed by atoms with Crippen molar-refractivity contribution in [1.82, 2.24) is 25.0 Å². The molecule has 0 amide bonds. The number of nitrogens with zero attached hydrogens (tertiary/aromatic N) is 4. The molecule has 0 bridgehead atoms. The molecule has 0 aliphatic rings. The van der Waals surface area contributed by atoms with Gasteiger partial charge in [0.25, 0.3) is 0 Å². The van der Waals surface area contributed by atoms with Crippen molar-refractivity contribution in [3.63, 3.8) is 0 Å². The first-order chi connectivity index (χ1) is 22.0. The van der Waals surface area contributed by atoms with E-state index in [1.165, 1.54) is 0 Å². The second-order valence-corrected chi connectivity index (χ2v) is 12.1. The van der Waals surface area contributed by atoms with Gasteiger partial charge in [-0.1, -0.05) is 129 Å². The molecule has 222 valence electrons. The molecule has 0 radical (unpaired) electrons. The third-order valence-corrected chi connectivity index (χ3v) is 8.70. The van der Waals surface area contributed by atoms with Gasteiger partial charge in [-0.05, 0) is 57.5 Å². The number of aromatic amines is 1. The molecule has 0 spiro atoms. The summed E-state index contributed by atoms with van der Waals surface area (Å²) in [5.41, 5.74) is 4.49. The van der Waals surface area contributed by atoms with Crippen molar-refractivity contribution in [2.45, 2.75) is 31.4 Å². The molecule has 7 aromatic rings. The summed E-state index contributed by atoms with van der Waals surface area (Å²) >= 11 is 0.